The van der Waals surface area contributed by atoms with E-state index >= 15 is 0 Å². The van der Waals surface area contributed by atoms with Crippen LogP contribution in [0.3, 0.4) is 0 Å². The second-order valence-electron chi connectivity index (χ2n) is 4.38. The van der Waals surface area contributed by atoms with Crippen molar-refractivity contribution in [3.63, 3.8) is 0 Å². The molecule has 19 heavy (non-hydrogen) atoms. The van der Waals surface area contributed by atoms with Crippen molar-refractivity contribution in [2.24, 2.45) is 0 Å². The average molecular weight is 449 g/mol. The summed E-state index contributed by atoms with van der Waals surface area (Å²) in [7, 11) is 0. The number of amides is 2. The fourth-order valence-electron chi connectivity index (χ4n) is 1.89. The van der Waals surface area contributed by atoms with Gasteiger partial charge >= 0.3 is 127 Å². The molecule has 2 fully saturated rings. The maximum atomic E-state index is 12.0. The Morgan fingerprint density at radius 2 is 2.16 bits per heavy atom. The first kappa shape index (κ1) is 14.7. The second-order valence-corrected chi connectivity index (χ2v) is 6.86. The second kappa shape index (κ2) is 6.64. The van der Waals surface area contributed by atoms with Crippen LogP contribution >= 0.6 is 11.8 Å². The van der Waals surface area contributed by atoms with Crippen molar-refractivity contribution in [3.8, 4) is 0 Å². The van der Waals surface area contributed by atoms with Crippen LogP contribution in [0.15, 0.2) is 23.1 Å². The van der Waals surface area contributed by atoms with Gasteiger partial charge in [0.05, 0.1) is 0 Å². The summed E-state index contributed by atoms with van der Waals surface area (Å²) in [4.78, 5) is 24.0. The third-order valence-corrected chi connectivity index (χ3v) is 5.41. The van der Waals surface area contributed by atoms with Crippen LogP contribution in [0.2, 0.25) is 0 Å². The molecule has 2 saturated heterocycles. The summed E-state index contributed by atoms with van der Waals surface area (Å²) in [5, 5.41) is 8.86. The first-order valence-electron chi connectivity index (χ1n) is 6.01. The molecule has 0 bridgehead atoms. The molecule has 2 rings (SSSR count). The van der Waals surface area contributed by atoms with Gasteiger partial charge in [-0.25, -0.2) is 0 Å². The normalized spacial score (nSPS) is 22.4. The summed E-state index contributed by atoms with van der Waals surface area (Å²) in [5.41, 5.74) is 0.399. The first-order valence-corrected chi connectivity index (χ1v) is 8.30. The van der Waals surface area contributed by atoms with Crippen molar-refractivity contribution in [1.29, 1.82) is 0 Å². The molecule has 0 spiro atoms. The van der Waals surface area contributed by atoms with Crippen LogP contribution in [0.5, 0.6) is 0 Å². The van der Waals surface area contributed by atoms with Crippen LogP contribution in [0.4, 0.5) is 4.79 Å². The predicted molar refractivity (Wildman–Crippen MR) is 72.4 cm³/mol. The van der Waals surface area contributed by atoms with Crippen molar-refractivity contribution in [1.82, 2.24) is 16.0 Å². The zero-order valence-corrected chi connectivity index (χ0v) is 14.1. The van der Waals surface area contributed by atoms with Gasteiger partial charge in [0, 0.05) is 0 Å². The molecule has 3 N–H and O–H groups in total. The van der Waals surface area contributed by atoms with E-state index in [0.717, 1.165) is 46.6 Å². The number of piperidine rings is 1. The number of nitrogens with one attached hydrogen (secondary N) is 3. The molecule has 0 unspecified atom stereocenters. The van der Waals surface area contributed by atoms with E-state index in [-0.39, 0.29) is 17.2 Å². The van der Waals surface area contributed by atoms with Crippen molar-refractivity contribution in [2.75, 3.05) is 13.1 Å². The molecule has 2 heterocycles. The third-order valence-electron chi connectivity index (χ3n) is 2.91. The Hall–Kier alpha value is -0.712. The summed E-state index contributed by atoms with van der Waals surface area (Å²) in [6.07, 6.45) is 3.57. The standard InChI is InChI=1S/C12H15N3O2S.W/c1-8(6-10-7-14-12(17)18-10)11(16)15-9-2-4-13-5-3-9;/h6,9,13H,1-5H2,(H,14,17)(H,15,16);/b10-6+;. The van der Waals surface area contributed by atoms with Gasteiger partial charge < -0.3 is 0 Å². The monoisotopic (exact) mass is 449 g/mol. The van der Waals surface area contributed by atoms with Crippen LogP contribution in [0.1, 0.15) is 12.8 Å². The summed E-state index contributed by atoms with van der Waals surface area (Å²) < 4.78 is 0.853. The molecule has 0 aromatic rings. The zero-order chi connectivity index (χ0) is 13.8. The maximum absolute atomic E-state index is 12.0. The topological polar surface area (TPSA) is 70.2 Å². The summed E-state index contributed by atoms with van der Waals surface area (Å²) >= 11 is 2.28. The minimum atomic E-state index is -0.151. The van der Waals surface area contributed by atoms with Gasteiger partial charge in [-0.3, -0.25) is 0 Å². The fourth-order valence-corrected chi connectivity index (χ4v) is 3.84. The van der Waals surface area contributed by atoms with Crippen molar-refractivity contribution in [2.45, 2.75) is 18.9 Å². The summed E-state index contributed by atoms with van der Waals surface area (Å²) in [5.74, 6) is -0.151. The molecule has 0 radical (unpaired) electrons. The van der Waals surface area contributed by atoms with Gasteiger partial charge in [-0.2, -0.15) is 0 Å². The van der Waals surface area contributed by atoms with E-state index in [4.69, 9.17) is 0 Å². The molecular weight excluding hydrogens is 434 g/mol. The van der Waals surface area contributed by atoms with Crippen LogP contribution < -0.4 is 16.0 Å². The van der Waals surface area contributed by atoms with E-state index < -0.39 is 0 Å². The van der Waals surface area contributed by atoms with Gasteiger partial charge in [-0.15, -0.1) is 0 Å². The van der Waals surface area contributed by atoms with E-state index in [1.807, 2.05) is 0 Å². The van der Waals surface area contributed by atoms with E-state index in [9.17, 15) is 9.59 Å². The molecule has 0 atom stereocenters. The molecule has 2 aliphatic heterocycles. The molecule has 0 aromatic heterocycles. The van der Waals surface area contributed by atoms with E-state index in [1.165, 1.54) is 19.4 Å². The third kappa shape index (κ3) is 4.13. The Bertz CT molecular complexity index is 470. The Kier molecular flexibility index (Phi) is 5.13. The van der Waals surface area contributed by atoms with Gasteiger partial charge in [0.15, 0.2) is 0 Å². The van der Waals surface area contributed by atoms with Crippen LogP contribution in [0, 0.1) is 0 Å². The van der Waals surface area contributed by atoms with Crippen LogP contribution in [-0.4, -0.2) is 34.3 Å². The zero-order valence-electron chi connectivity index (χ0n) is 10.3. The minimum absolute atomic E-state index is 0.0946. The van der Waals surface area contributed by atoms with Crippen molar-refractivity contribution in [3.05, 3.63) is 23.1 Å². The molecule has 102 valence electrons. The molecule has 0 aliphatic carbocycles. The molecule has 0 saturated carbocycles. The number of thioether (sulfide) groups is 1. The number of hydrogen-bond donors (Lipinski definition) is 3. The van der Waals surface area contributed by atoms with Gasteiger partial charge in [0.2, 0.25) is 0 Å². The number of carbonyl (C=O) groups excluding carboxylic acids is 2. The number of carbonyl (C=O) groups is 2. The van der Waals surface area contributed by atoms with Gasteiger partial charge in [-0.1, -0.05) is 0 Å². The van der Waals surface area contributed by atoms with Crippen LogP contribution in [-0.2, 0) is 24.1 Å². The summed E-state index contributed by atoms with van der Waals surface area (Å²) in [6, 6.07) is 0.218. The van der Waals surface area contributed by atoms with E-state index in [2.05, 4.69) is 22.5 Å². The molecule has 2 aliphatic rings. The summed E-state index contributed by atoms with van der Waals surface area (Å²) in [6.45, 7) is 5.65. The molecular formula is C12H15N3O2SW. The predicted octanol–water partition coefficient (Wildman–Crippen LogP) is 0.428. The Morgan fingerprint density at radius 1 is 1.47 bits per heavy atom. The van der Waals surface area contributed by atoms with Crippen molar-refractivity contribution >= 4 is 26.9 Å². The van der Waals surface area contributed by atoms with E-state index in [1.54, 1.807) is 6.08 Å². The quantitative estimate of drug-likeness (QED) is 0.547. The van der Waals surface area contributed by atoms with Gasteiger partial charge in [-0.05, 0) is 0 Å². The molecule has 0 aromatic carbocycles. The molecule has 2 amide bonds. The molecule has 5 nitrogen and oxygen atoms in total. The van der Waals surface area contributed by atoms with E-state index in [0.29, 0.717) is 5.57 Å². The van der Waals surface area contributed by atoms with Crippen LogP contribution in [0.25, 0.3) is 0 Å². The Morgan fingerprint density at radius 3 is 2.74 bits per heavy atom. The number of hydrogen-bond acceptors (Lipinski definition) is 4. The van der Waals surface area contributed by atoms with Gasteiger partial charge in [0.1, 0.15) is 0 Å². The van der Waals surface area contributed by atoms with Gasteiger partial charge in [0.25, 0.3) is 0 Å². The number of rotatable bonds is 3. The fraction of sp³-hybridized carbons (Fsp3) is 0.417. The van der Waals surface area contributed by atoms with Crippen molar-refractivity contribution < 1.29 is 28.9 Å². The first-order chi connectivity index (χ1) is 9.06. The SMILES string of the molecule is C=C(/C=C1/SC(=O)N[C]1=[W])C(=O)NC1CCNCC1. The Balaban J connectivity index is 1.92. The average Bonchev–Trinajstić information content (AvgIpc) is 2.69. The Labute approximate surface area is 127 Å². The molecule has 7 heteroatoms.